The summed E-state index contributed by atoms with van der Waals surface area (Å²) in [7, 11) is 0. The van der Waals surface area contributed by atoms with Crippen LogP contribution < -0.4 is 5.32 Å². The van der Waals surface area contributed by atoms with Crippen LogP contribution in [-0.4, -0.2) is 69.4 Å². The molecular formula is C22H28ClN5O3. The second-order valence-electron chi connectivity index (χ2n) is 8.37. The predicted octanol–water partition coefficient (Wildman–Crippen LogP) is 2.57. The molecule has 166 valence electrons. The Morgan fingerprint density at radius 3 is 2.61 bits per heavy atom. The zero-order valence-electron chi connectivity index (χ0n) is 17.6. The first-order valence-corrected chi connectivity index (χ1v) is 11.1. The Morgan fingerprint density at radius 2 is 1.97 bits per heavy atom. The number of aryl methyl sites for hydroxylation is 1. The van der Waals surface area contributed by atoms with Crippen molar-refractivity contribution in [2.45, 2.75) is 26.4 Å². The van der Waals surface area contributed by atoms with E-state index in [4.69, 9.17) is 11.6 Å². The van der Waals surface area contributed by atoms with Gasteiger partial charge in [0, 0.05) is 56.4 Å². The molecule has 8 nitrogen and oxygen atoms in total. The molecule has 2 saturated heterocycles. The maximum atomic E-state index is 13.0. The largest absolute Gasteiger partial charge is 0.465 e. The van der Waals surface area contributed by atoms with Crippen molar-refractivity contribution in [2.75, 3.05) is 32.7 Å². The highest BCUT2D eigenvalue weighted by Crippen LogP contribution is 2.32. The Kier molecular flexibility index (Phi) is 6.48. The van der Waals surface area contributed by atoms with Gasteiger partial charge in [-0.25, -0.2) is 4.79 Å². The molecule has 0 radical (unpaired) electrons. The molecule has 0 spiro atoms. The molecule has 2 fully saturated rings. The number of hydrogen-bond donors (Lipinski definition) is 2. The standard InChI is InChI=1S/C22H28ClN5O3/c1-2-28-20(21(29)24-7-6-15-4-3-5-19(23)8-15)16(9-25-28)10-26-11-17-13-27(22(30)31)14-18(17)12-26/h3-5,8-9,17-18H,2,6-7,10-14H2,1H3,(H,24,29)(H,30,31). The highest BCUT2D eigenvalue weighted by Gasteiger charge is 2.41. The van der Waals surface area contributed by atoms with Gasteiger partial charge in [-0.1, -0.05) is 23.7 Å². The molecule has 4 rings (SSSR count). The number of amides is 2. The van der Waals surface area contributed by atoms with E-state index in [1.807, 2.05) is 31.2 Å². The zero-order valence-corrected chi connectivity index (χ0v) is 18.4. The summed E-state index contributed by atoms with van der Waals surface area (Å²) < 4.78 is 1.74. The molecule has 1 aromatic carbocycles. The van der Waals surface area contributed by atoms with Gasteiger partial charge >= 0.3 is 6.09 Å². The molecule has 1 aromatic heterocycles. The maximum absolute atomic E-state index is 13.0. The molecule has 2 aliphatic heterocycles. The van der Waals surface area contributed by atoms with Crippen LogP contribution in [0.2, 0.25) is 5.02 Å². The number of hydrogen-bond acceptors (Lipinski definition) is 4. The van der Waals surface area contributed by atoms with Crippen molar-refractivity contribution in [1.29, 1.82) is 0 Å². The summed E-state index contributed by atoms with van der Waals surface area (Å²) in [5, 5.41) is 17.3. The molecule has 9 heteroatoms. The van der Waals surface area contributed by atoms with Gasteiger partial charge < -0.3 is 15.3 Å². The van der Waals surface area contributed by atoms with Gasteiger partial charge in [0.2, 0.25) is 0 Å². The monoisotopic (exact) mass is 445 g/mol. The number of aromatic nitrogens is 2. The van der Waals surface area contributed by atoms with Crippen LogP contribution >= 0.6 is 11.6 Å². The van der Waals surface area contributed by atoms with Crippen molar-refractivity contribution in [2.24, 2.45) is 11.8 Å². The number of benzene rings is 1. The molecule has 0 saturated carbocycles. The van der Waals surface area contributed by atoms with Gasteiger partial charge in [0.25, 0.3) is 5.91 Å². The lowest BCUT2D eigenvalue weighted by Gasteiger charge is -2.20. The van der Waals surface area contributed by atoms with Gasteiger partial charge in [-0.3, -0.25) is 14.4 Å². The van der Waals surface area contributed by atoms with E-state index in [0.717, 1.165) is 24.2 Å². The third kappa shape index (κ3) is 4.85. The van der Waals surface area contributed by atoms with Gasteiger partial charge in [-0.05, 0) is 42.9 Å². The minimum absolute atomic E-state index is 0.118. The van der Waals surface area contributed by atoms with E-state index in [9.17, 15) is 14.7 Å². The van der Waals surface area contributed by atoms with Crippen molar-refractivity contribution in [1.82, 2.24) is 24.9 Å². The molecule has 2 aromatic rings. The minimum atomic E-state index is -0.832. The first-order chi connectivity index (χ1) is 14.9. The number of rotatable bonds is 7. The smallest absolute Gasteiger partial charge is 0.407 e. The number of carbonyl (C=O) groups excluding carboxylic acids is 1. The number of nitrogens with zero attached hydrogens (tertiary/aromatic N) is 4. The van der Waals surface area contributed by atoms with Crippen LogP contribution in [0.1, 0.15) is 28.5 Å². The zero-order chi connectivity index (χ0) is 22.0. The average Bonchev–Trinajstić information content (AvgIpc) is 3.41. The van der Waals surface area contributed by atoms with Crippen LogP contribution in [0.5, 0.6) is 0 Å². The fourth-order valence-corrected chi connectivity index (χ4v) is 4.97. The van der Waals surface area contributed by atoms with Crippen LogP contribution in [0.3, 0.4) is 0 Å². The normalized spacial score (nSPS) is 20.8. The van der Waals surface area contributed by atoms with Gasteiger partial charge in [0.15, 0.2) is 0 Å². The van der Waals surface area contributed by atoms with Crippen LogP contribution in [0.15, 0.2) is 30.5 Å². The fraction of sp³-hybridized carbons (Fsp3) is 0.500. The van der Waals surface area contributed by atoms with Crippen molar-refractivity contribution in [3.8, 4) is 0 Å². The summed E-state index contributed by atoms with van der Waals surface area (Å²) in [6.07, 6.45) is 1.66. The maximum Gasteiger partial charge on any atom is 0.407 e. The first-order valence-electron chi connectivity index (χ1n) is 10.7. The summed E-state index contributed by atoms with van der Waals surface area (Å²) in [6.45, 7) is 6.66. The van der Waals surface area contributed by atoms with Crippen molar-refractivity contribution >= 4 is 23.6 Å². The molecule has 3 heterocycles. The highest BCUT2D eigenvalue weighted by atomic mass is 35.5. The summed E-state index contributed by atoms with van der Waals surface area (Å²) in [5.41, 5.74) is 2.60. The average molecular weight is 446 g/mol. The first kappa shape index (κ1) is 21.6. The molecule has 2 atom stereocenters. The van der Waals surface area contributed by atoms with Gasteiger partial charge in [0.1, 0.15) is 5.69 Å². The van der Waals surface area contributed by atoms with Crippen molar-refractivity contribution in [3.05, 3.63) is 52.3 Å². The Morgan fingerprint density at radius 1 is 1.23 bits per heavy atom. The molecule has 2 aliphatic rings. The lowest BCUT2D eigenvalue weighted by atomic mass is 10.0. The molecule has 0 bridgehead atoms. The fourth-order valence-electron chi connectivity index (χ4n) is 4.76. The van der Waals surface area contributed by atoms with Crippen molar-refractivity contribution in [3.63, 3.8) is 0 Å². The Hall–Kier alpha value is -2.58. The van der Waals surface area contributed by atoms with E-state index in [2.05, 4.69) is 15.3 Å². The van der Waals surface area contributed by atoms with E-state index >= 15 is 0 Å². The Labute approximate surface area is 186 Å². The third-order valence-corrected chi connectivity index (χ3v) is 6.48. The third-order valence-electron chi connectivity index (χ3n) is 6.24. The molecule has 2 N–H and O–H groups in total. The minimum Gasteiger partial charge on any atom is -0.465 e. The van der Waals surface area contributed by atoms with E-state index < -0.39 is 6.09 Å². The molecule has 0 aliphatic carbocycles. The molecule has 31 heavy (non-hydrogen) atoms. The van der Waals surface area contributed by atoms with Crippen molar-refractivity contribution < 1.29 is 14.7 Å². The topological polar surface area (TPSA) is 90.7 Å². The number of likely N-dealkylation sites (tertiary alicyclic amines) is 2. The second-order valence-corrected chi connectivity index (χ2v) is 8.81. The number of fused-ring (bicyclic) bond motifs is 1. The quantitative estimate of drug-likeness (QED) is 0.683. The summed E-state index contributed by atoms with van der Waals surface area (Å²) in [6, 6.07) is 7.65. The summed E-state index contributed by atoms with van der Waals surface area (Å²) in [4.78, 5) is 28.0. The van der Waals surface area contributed by atoms with E-state index in [1.165, 1.54) is 4.90 Å². The Balaban J connectivity index is 1.36. The lowest BCUT2D eigenvalue weighted by Crippen LogP contribution is -2.33. The van der Waals surface area contributed by atoms with Gasteiger partial charge in [0.05, 0.1) is 6.20 Å². The number of carboxylic acid groups (broad SMARTS) is 1. The number of carbonyl (C=O) groups is 2. The van der Waals surface area contributed by atoms with Crippen LogP contribution in [0, 0.1) is 11.8 Å². The summed E-state index contributed by atoms with van der Waals surface area (Å²) >= 11 is 6.03. The van der Waals surface area contributed by atoms with E-state index in [1.54, 1.807) is 10.9 Å². The number of nitrogens with one attached hydrogen (secondary N) is 1. The number of halogens is 1. The predicted molar refractivity (Wildman–Crippen MR) is 117 cm³/mol. The lowest BCUT2D eigenvalue weighted by molar-refractivity contribution is 0.0941. The van der Waals surface area contributed by atoms with Crippen LogP contribution in [0.25, 0.3) is 0 Å². The molecule has 2 amide bonds. The SMILES string of the molecule is CCn1ncc(CN2CC3CN(C(=O)O)CC3C2)c1C(=O)NCCc1cccc(Cl)c1. The second kappa shape index (κ2) is 9.28. The summed E-state index contributed by atoms with van der Waals surface area (Å²) in [5.74, 6) is 0.618. The molecule has 2 unspecified atom stereocenters. The van der Waals surface area contributed by atoms with Crippen LogP contribution in [-0.2, 0) is 19.5 Å². The van der Waals surface area contributed by atoms with Gasteiger partial charge in [-0.2, -0.15) is 5.10 Å². The highest BCUT2D eigenvalue weighted by molar-refractivity contribution is 6.30. The van der Waals surface area contributed by atoms with E-state index in [-0.39, 0.29) is 5.91 Å². The van der Waals surface area contributed by atoms with Crippen LogP contribution in [0.4, 0.5) is 4.79 Å². The van der Waals surface area contributed by atoms with E-state index in [0.29, 0.717) is 61.7 Å². The Bertz CT molecular complexity index is 948. The molecular weight excluding hydrogens is 418 g/mol. The van der Waals surface area contributed by atoms with Gasteiger partial charge in [-0.15, -0.1) is 0 Å².